The van der Waals surface area contributed by atoms with E-state index >= 15 is 0 Å². The molecule has 2 aromatic rings. The first kappa shape index (κ1) is 21.0. The molecule has 4 rings (SSSR count). The molecule has 1 atom stereocenters. The molecule has 1 spiro atoms. The van der Waals surface area contributed by atoms with Crippen LogP contribution in [0.4, 0.5) is 0 Å². The Labute approximate surface area is 179 Å². The van der Waals surface area contributed by atoms with Crippen molar-refractivity contribution in [1.29, 1.82) is 0 Å². The molecule has 1 unspecified atom stereocenters. The van der Waals surface area contributed by atoms with E-state index in [9.17, 15) is 4.79 Å². The molecule has 7 heteroatoms. The third-order valence-electron chi connectivity index (χ3n) is 6.74. The molecular formula is C23H33N5O2. The largest absolute Gasteiger partial charge is 0.381 e. The summed E-state index contributed by atoms with van der Waals surface area (Å²) < 4.78 is 7.64. The Kier molecular flexibility index (Phi) is 6.49. The Morgan fingerprint density at radius 3 is 2.67 bits per heavy atom. The number of hydrogen-bond acceptors (Lipinski definition) is 5. The first-order chi connectivity index (χ1) is 14.6. The topological polar surface area (TPSA) is 63.5 Å². The van der Waals surface area contributed by atoms with E-state index < -0.39 is 0 Å². The smallest absolute Gasteiger partial charge is 0.227 e. The van der Waals surface area contributed by atoms with Gasteiger partial charge >= 0.3 is 0 Å². The molecular weight excluding hydrogens is 378 g/mol. The summed E-state index contributed by atoms with van der Waals surface area (Å²) in [5, 5.41) is 4.41. The van der Waals surface area contributed by atoms with Crippen molar-refractivity contribution in [3.05, 3.63) is 48.0 Å². The van der Waals surface area contributed by atoms with Crippen LogP contribution in [0.5, 0.6) is 0 Å². The van der Waals surface area contributed by atoms with Crippen molar-refractivity contribution in [1.82, 2.24) is 24.6 Å². The van der Waals surface area contributed by atoms with Gasteiger partial charge in [0.25, 0.3) is 0 Å². The van der Waals surface area contributed by atoms with Gasteiger partial charge in [-0.05, 0) is 44.4 Å². The number of aromatic nitrogens is 3. The molecule has 0 N–H and O–H groups in total. The first-order valence-corrected chi connectivity index (χ1v) is 11.1. The Bertz CT molecular complexity index is 831. The average Bonchev–Trinajstić information content (AvgIpc) is 3.37. The molecule has 2 saturated heterocycles. The van der Waals surface area contributed by atoms with Crippen molar-refractivity contribution >= 4 is 5.91 Å². The summed E-state index contributed by atoms with van der Waals surface area (Å²) in [5.74, 6) is 0.298. The van der Waals surface area contributed by atoms with E-state index in [0.717, 1.165) is 57.8 Å². The highest BCUT2D eigenvalue weighted by Gasteiger charge is 2.51. The molecule has 162 valence electrons. The predicted octanol–water partition coefficient (Wildman–Crippen LogP) is 2.58. The minimum atomic E-state index is 0.0156. The van der Waals surface area contributed by atoms with Gasteiger partial charge in [0, 0.05) is 82.1 Å². The van der Waals surface area contributed by atoms with Crippen LogP contribution >= 0.6 is 0 Å². The van der Waals surface area contributed by atoms with Gasteiger partial charge < -0.3 is 9.64 Å². The minimum Gasteiger partial charge on any atom is -0.381 e. The molecule has 0 saturated carbocycles. The SMILES string of the molecule is CCN(Cc1ccncc1)C(=O)C1CN(Cc2cnn(CC)c2)CC12CCOCC2. The summed E-state index contributed by atoms with van der Waals surface area (Å²) in [6.07, 6.45) is 9.58. The fourth-order valence-corrected chi connectivity index (χ4v) is 5.01. The maximum absolute atomic E-state index is 13.7. The van der Waals surface area contributed by atoms with Gasteiger partial charge in [-0.3, -0.25) is 19.4 Å². The second kappa shape index (κ2) is 9.27. The van der Waals surface area contributed by atoms with Gasteiger partial charge in [0.05, 0.1) is 12.1 Å². The van der Waals surface area contributed by atoms with Gasteiger partial charge in [-0.2, -0.15) is 5.10 Å². The van der Waals surface area contributed by atoms with Crippen LogP contribution in [-0.4, -0.2) is 63.3 Å². The van der Waals surface area contributed by atoms with Crippen LogP contribution in [-0.2, 0) is 29.2 Å². The quantitative estimate of drug-likeness (QED) is 0.701. The number of pyridine rings is 1. The van der Waals surface area contributed by atoms with E-state index in [1.807, 2.05) is 27.9 Å². The van der Waals surface area contributed by atoms with Crippen molar-refractivity contribution < 1.29 is 9.53 Å². The summed E-state index contributed by atoms with van der Waals surface area (Å²) >= 11 is 0. The van der Waals surface area contributed by atoms with Crippen LogP contribution in [0.25, 0.3) is 0 Å². The van der Waals surface area contributed by atoms with Crippen LogP contribution < -0.4 is 0 Å². The van der Waals surface area contributed by atoms with Crippen molar-refractivity contribution in [3.63, 3.8) is 0 Å². The van der Waals surface area contributed by atoms with E-state index in [-0.39, 0.29) is 17.2 Å². The van der Waals surface area contributed by atoms with Gasteiger partial charge in [-0.15, -0.1) is 0 Å². The maximum Gasteiger partial charge on any atom is 0.227 e. The number of rotatable bonds is 7. The molecule has 2 aromatic heterocycles. The van der Waals surface area contributed by atoms with E-state index in [0.29, 0.717) is 13.1 Å². The zero-order valence-electron chi connectivity index (χ0n) is 18.2. The van der Waals surface area contributed by atoms with Crippen molar-refractivity contribution in [2.45, 2.75) is 46.3 Å². The first-order valence-electron chi connectivity index (χ1n) is 11.1. The fraction of sp³-hybridized carbons (Fsp3) is 0.609. The zero-order chi connectivity index (χ0) is 21.0. The average molecular weight is 412 g/mol. The monoisotopic (exact) mass is 411 g/mol. The Balaban J connectivity index is 1.51. The molecule has 2 aliphatic heterocycles. The van der Waals surface area contributed by atoms with Gasteiger partial charge in [-0.25, -0.2) is 0 Å². The summed E-state index contributed by atoms with van der Waals surface area (Å²) in [6, 6.07) is 3.99. The highest BCUT2D eigenvalue weighted by atomic mass is 16.5. The van der Waals surface area contributed by atoms with Crippen LogP contribution in [0.3, 0.4) is 0 Å². The van der Waals surface area contributed by atoms with Crippen molar-refractivity contribution in [3.8, 4) is 0 Å². The molecule has 0 radical (unpaired) electrons. The van der Waals surface area contributed by atoms with Crippen molar-refractivity contribution in [2.75, 3.05) is 32.8 Å². The number of aryl methyl sites for hydroxylation is 1. The Morgan fingerprint density at radius 2 is 2.00 bits per heavy atom. The second-order valence-electron chi connectivity index (χ2n) is 8.61. The predicted molar refractivity (Wildman–Crippen MR) is 114 cm³/mol. The van der Waals surface area contributed by atoms with Crippen LogP contribution in [0.1, 0.15) is 37.8 Å². The fourth-order valence-electron chi connectivity index (χ4n) is 5.01. The minimum absolute atomic E-state index is 0.0156. The number of carbonyl (C=O) groups excluding carboxylic acids is 1. The number of ether oxygens (including phenoxy) is 1. The highest BCUT2D eigenvalue weighted by Crippen LogP contribution is 2.45. The number of hydrogen-bond donors (Lipinski definition) is 0. The third kappa shape index (κ3) is 4.42. The normalized spacial score (nSPS) is 21.2. The lowest BCUT2D eigenvalue weighted by atomic mass is 9.71. The molecule has 0 aromatic carbocycles. The molecule has 30 heavy (non-hydrogen) atoms. The maximum atomic E-state index is 13.7. The summed E-state index contributed by atoms with van der Waals surface area (Å²) in [4.78, 5) is 22.3. The van der Waals surface area contributed by atoms with Gasteiger partial charge in [0.2, 0.25) is 5.91 Å². The molecule has 7 nitrogen and oxygen atoms in total. The zero-order valence-corrected chi connectivity index (χ0v) is 18.2. The molecule has 4 heterocycles. The standard InChI is InChI=1S/C23H33N5O2/c1-3-27(15-19-5-9-24-10-6-19)22(29)21-17-26(14-20-13-25-28(4-2)16-20)18-23(21)7-11-30-12-8-23/h5-6,9-10,13,16,21H,3-4,7-8,11-12,14-15,17-18H2,1-2H3. The molecule has 2 fully saturated rings. The summed E-state index contributed by atoms with van der Waals surface area (Å²) in [6.45, 7) is 10.5. The van der Waals surface area contributed by atoms with Crippen LogP contribution in [0.15, 0.2) is 36.9 Å². The van der Waals surface area contributed by atoms with Gasteiger partial charge in [-0.1, -0.05) is 0 Å². The number of nitrogens with zero attached hydrogens (tertiary/aromatic N) is 5. The van der Waals surface area contributed by atoms with Crippen LogP contribution in [0.2, 0.25) is 0 Å². The van der Waals surface area contributed by atoms with Gasteiger partial charge in [0.1, 0.15) is 0 Å². The van der Waals surface area contributed by atoms with E-state index in [1.54, 1.807) is 12.4 Å². The Hall–Kier alpha value is -2.25. The Morgan fingerprint density at radius 1 is 1.23 bits per heavy atom. The third-order valence-corrected chi connectivity index (χ3v) is 6.74. The second-order valence-corrected chi connectivity index (χ2v) is 8.61. The summed E-state index contributed by atoms with van der Waals surface area (Å²) in [7, 11) is 0. The highest BCUT2D eigenvalue weighted by molar-refractivity contribution is 5.80. The summed E-state index contributed by atoms with van der Waals surface area (Å²) in [5.41, 5.74) is 2.36. The molecule has 1 amide bonds. The molecule has 0 bridgehead atoms. The van der Waals surface area contributed by atoms with E-state index in [1.165, 1.54) is 5.56 Å². The van der Waals surface area contributed by atoms with Gasteiger partial charge in [0.15, 0.2) is 0 Å². The lowest BCUT2D eigenvalue weighted by Gasteiger charge is -2.39. The number of carbonyl (C=O) groups is 1. The van der Waals surface area contributed by atoms with Crippen molar-refractivity contribution in [2.24, 2.45) is 11.3 Å². The number of likely N-dealkylation sites (tertiary alicyclic amines) is 1. The number of amides is 1. The lowest BCUT2D eigenvalue weighted by Crippen LogP contribution is -2.46. The lowest BCUT2D eigenvalue weighted by molar-refractivity contribution is -0.141. The molecule has 2 aliphatic rings. The van der Waals surface area contributed by atoms with E-state index in [4.69, 9.17) is 4.74 Å². The van der Waals surface area contributed by atoms with Crippen LogP contribution in [0, 0.1) is 11.3 Å². The molecule has 0 aliphatic carbocycles. The van der Waals surface area contributed by atoms with E-state index in [2.05, 4.69) is 35.0 Å².